The van der Waals surface area contributed by atoms with E-state index in [1.165, 1.54) is 34.5 Å². The van der Waals surface area contributed by atoms with Crippen LogP contribution < -0.4 is 18.9 Å². The number of hydrogen-bond donors (Lipinski definition) is 3. The summed E-state index contributed by atoms with van der Waals surface area (Å²) in [4.78, 5) is 13.4. The Morgan fingerprint density at radius 3 is 2.31 bits per heavy atom. The smallest absolute Gasteiger partial charge is 0.312 e. The molecule has 1 aliphatic carbocycles. The zero-order valence-corrected chi connectivity index (χ0v) is 25.2. The van der Waals surface area contributed by atoms with Crippen LogP contribution in [0, 0.1) is 5.92 Å². The quantitative estimate of drug-likeness (QED) is 0.300. The highest BCUT2D eigenvalue weighted by Crippen LogP contribution is 2.70. The standard InChI is InChI=1S/C33H36O12/c1-38-20-12-10-19(11-13-20)33-26(18-8-6-5-7-9-18)25(29(36)40-3)28(35)32(33,37)27-23(39-2)14-21(15-24(27)45-33)43-31-30(41-4)42-17-22(16-34)44-31/h5-15,22,25-26,28,30-31,34-35,37H,16-17H2,1-4H3/t22-,25+,26+,28+,30-,31+,32-,33-/m0/s1. The first kappa shape index (κ1) is 31.1. The van der Waals surface area contributed by atoms with Crippen molar-refractivity contribution in [1.82, 2.24) is 0 Å². The van der Waals surface area contributed by atoms with Crippen molar-refractivity contribution in [2.24, 2.45) is 5.92 Å². The Morgan fingerprint density at radius 1 is 0.956 bits per heavy atom. The highest BCUT2D eigenvalue weighted by atomic mass is 16.8. The van der Waals surface area contributed by atoms with Crippen molar-refractivity contribution in [3.8, 4) is 23.0 Å². The molecule has 45 heavy (non-hydrogen) atoms. The van der Waals surface area contributed by atoms with Crippen molar-refractivity contribution in [3.05, 3.63) is 83.4 Å². The Kier molecular flexibility index (Phi) is 8.37. The van der Waals surface area contributed by atoms with Gasteiger partial charge < -0.3 is 53.2 Å². The molecule has 8 atom stereocenters. The van der Waals surface area contributed by atoms with Gasteiger partial charge in [0.15, 0.2) is 11.2 Å². The second kappa shape index (κ2) is 12.1. The lowest BCUT2D eigenvalue weighted by Gasteiger charge is -2.40. The maximum Gasteiger partial charge on any atom is 0.312 e. The average molecular weight is 625 g/mol. The summed E-state index contributed by atoms with van der Waals surface area (Å²) in [6.07, 6.45) is -4.29. The SMILES string of the molecule is COC(=O)[C@H]1[C@@H](O)[C@@]2(O)c3c(OC)cc(O[C@@H]4O[C@@H](CO)CO[C@@H]4OC)cc3O[C@@]2(c2ccc(OC)cc2)[C@@H]1c1ccccc1. The maximum absolute atomic E-state index is 13.4. The van der Waals surface area contributed by atoms with E-state index >= 15 is 0 Å². The van der Waals surface area contributed by atoms with E-state index in [0.717, 1.165) is 0 Å². The number of rotatable bonds is 9. The van der Waals surface area contributed by atoms with Gasteiger partial charge in [-0.15, -0.1) is 0 Å². The van der Waals surface area contributed by atoms with E-state index in [1.807, 2.05) is 30.3 Å². The molecule has 1 saturated carbocycles. The predicted octanol–water partition coefficient (Wildman–Crippen LogP) is 2.21. The second-order valence-electron chi connectivity index (χ2n) is 11.1. The fourth-order valence-electron chi connectivity index (χ4n) is 6.92. The second-order valence-corrected chi connectivity index (χ2v) is 11.1. The van der Waals surface area contributed by atoms with Gasteiger partial charge in [-0.1, -0.05) is 42.5 Å². The lowest BCUT2D eigenvalue weighted by molar-refractivity contribution is -0.315. The van der Waals surface area contributed by atoms with Crippen molar-refractivity contribution in [2.45, 2.75) is 41.9 Å². The molecule has 2 fully saturated rings. The molecule has 12 heteroatoms. The number of aliphatic hydroxyl groups excluding tert-OH is 2. The summed E-state index contributed by atoms with van der Waals surface area (Å²) < 4.78 is 46.1. The Morgan fingerprint density at radius 2 is 1.69 bits per heavy atom. The highest BCUT2D eigenvalue weighted by Gasteiger charge is 2.78. The van der Waals surface area contributed by atoms with Crippen LogP contribution >= 0.6 is 0 Å². The van der Waals surface area contributed by atoms with Gasteiger partial charge in [-0.2, -0.15) is 0 Å². The molecule has 3 N–H and O–H groups in total. The molecule has 2 heterocycles. The number of fused-ring (bicyclic) bond motifs is 3. The van der Waals surface area contributed by atoms with Crippen molar-refractivity contribution in [3.63, 3.8) is 0 Å². The van der Waals surface area contributed by atoms with Gasteiger partial charge in [0.05, 0.1) is 46.0 Å². The predicted molar refractivity (Wildman–Crippen MR) is 156 cm³/mol. The van der Waals surface area contributed by atoms with Crippen molar-refractivity contribution < 1.29 is 58.0 Å². The van der Waals surface area contributed by atoms with E-state index in [2.05, 4.69) is 0 Å². The Balaban J connectivity index is 1.55. The molecular weight excluding hydrogens is 588 g/mol. The van der Waals surface area contributed by atoms with Gasteiger partial charge in [0, 0.05) is 25.2 Å². The molecule has 0 radical (unpaired) electrons. The van der Waals surface area contributed by atoms with Gasteiger partial charge in [0.1, 0.15) is 35.2 Å². The van der Waals surface area contributed by atoms with Crippen LogP contribution in [0.15, 0.2) is 66.7 Å². The number of aliphatic hydroxyl groups is 3. The van der Waals surface area contributed by atoms with Crippen molar-refractivity contribution in [1.29, 1.82) is 0 Å². The molecule has 6 rings (SSSR count). The van der Waals surface area contributed by atoms with E-state index in [1.54, 1.807) is 30.3 Å². The molecule has 0 unspecified atom stereocenters. The third kappa shape index (κ3) is 4.71. The van der Waals surface area contributed by atoms with Gasteiger partial charge in [0.25, 0.3) is 6.29 Å². The van der Waals surface area contributed by atoms with Crippen LogP contribution in [0.4, 0.5) is 0 Å². The molecule has 0 spiro atoms. The Labute approximate surface area is 259 Å². The zero-order chi connectivity index (χ0) is 31.9. The van der Waals surface area contributed by atoms with Crippen LogP contribution in [0.3, 0.4) is 0 Å². The first-order valence-electron chi connectivity index (χ1n) is 14.4. The minimum Gasteiger partial charge on any atom is -0.497 e. The third-order valence-corrected chi connectivity index (χ3v) is 8.88. The Hall–Kier alpha value is -3.91. The largest absolute Gasteiger partial charge is 0.497 e. The van der Waals surface area contributed by atoms with E-state index < -0.39 is 53.8 Å². The fourth-order valence-corrected chi connectivity index (χ4v) is 6.92. The normalized spacial score (nSPS) is 31.8. The zero-order valence-electron chi connectivity index (χ0n) is 25.2. The molecular formula is C33H36O12. The number of methoxy groups -OCH3 is 4. The highest BCUT2D eigenvalue weighted by molar-refractivity contribution is 5.78. The molecule has 240 valence electrons. The third-order valence-electron chi connectivity index (χ3n) is 8.88. The van der Waals surface area contributed by atoms with Gasteiger partial charge in [-0.25, -0.2) is 0 Å². The lowest BCUT2D eigenvalue weighted by Crippen LogP contribution is -2.52. The van der Waals surface area contributed by atoms with Crippen LogP contribution in [0.1, 0.15) is 22.6 Å². The van der Waals surface area contributed by atoms with Crippen LogP contribution in [0.5, 0.6) is 23.0 Å². The number of ether oxygens (including phenoxy) is 8. The summed E-state index contributed by atoms with van der Waals surface area (Å²) in [5.41, 5.74) is -2.74. The Bertz CT molecular complexity index is 1510. The summed E-state index contributed by atoms with van der Waals surface area (Å²) in [6, 6.07) is 19.0. The maximum atomic E-state index is 13.4. The summed E-state index contributed by atoms with van der Waals surface area (Å²) >= 11 is 0. The van der Waals surface area contributed by atoms with Crippen LogP contribution in [-0.2, 0) is 34.9 Å². The summed E-state index contributed by atoms with van der Waals surface area (Å²) in [6.45, 7) is -0.173. The van der Waals surface area contributed by atoms with Crippen LogP contribution in [0.2, 0.25) is 0 Å². The van der Waals surface area contributed by atoms with Gasteiger partial charge >= 0.3 is 5.97 Å². The first-order valence-corrected chi connectivity index (χ1v) is 14.4. The fraction of sp³-hybridized carbons (Fsp3) is 0.424. The van der Waals surface area contributed by atoms with Crippen LogP contribution in [0.25, 0.3) is 0 Å². The molecule has 1 saturated heterocycles. The number of carbonyl (C=O) groups is 1. The van der Waals surface area contributed by atoms with Crippen molar-refractivity contribution in [2.75, 3.05) is 41.7 Å². The number of hydrogen-bond acceptors (Lipinski definition) is 12. The minimum atomic E-state index is -2.22. The topological polar surface area (TPSA) is 152 Å². The molecule has 0 aromatic heterocycles. The van der Waals surface area contributed by atoms with Gasteiger partial charge in [0.2, 0.25) is 6.29 Å². The van der Waals surface area contributed by atoms with E-state index in [-0.39, 0.29) is 36.0 Å². The molecule has 2 aliphatic heterocycles. The number of benzene rings is 3. The molecule has 3 aromatic carbocycles. The molecule has 0 amide bonds. The molecule has 3 aromatic rings. The first-order chi connectivity index (χ1) is 21.8. The summed E-state index contributed by atoms with van der Waals surface area (Å²) in [7, 11) is 5.62. The number of carbonyl (C=O) groups excluding carboxylic acids is 1. The van der Waals surface area contributed by atoms with Crippen molar-refractivity contribution >= 4 is 5.97 Å². The van der Waals surface area contributed by atoms with E-state index in [0.29, 0.717) is 16.9 Å². The summed E-state index contributed by atoms with van der Waals surface area (Å²) in [5, 5.41) is 34.7. The minimum absolute atomic E-state index is 0.114. The van der Waals surface area contributed by atoms with Crippen LogP contribution in [-0.4, -0.2) is 87.7 Å². The monoisotopic (exact) mass is 624 g/mol. The molecule has 12 nitrogen and oxygen atoms in total. The van der Waals surface area contributed by atoms with Gasteiger partial charge in [-0.3, -0.25) is 4.79 Å². The van der Waals surface area contributed by atoms with Gasteiger partial charge in [-0.05, 0) is 23.3 Å². The van der Waals surface area contributed by atoms with E-state index in [9.17, 15) is 20.1 Å². The average Bonchev–Trinajstić information content (AvgIpc) is 3.46. The number of esters is 1. The van der Waals surface area contributed by atoms with E-state index in [4.69, 9.17) is 37.9 Å². The molecule has 3 aliphatic rings. The molecule has 0 bridgehead atoms. The summed E-state index contributed by atoms with van der Waals surface area (Å²) in [5.74, 6) is -1.83. The lowest BCUT2D eigenvalue weighted by atomic mass is 9.70.